The second-order valence-electron chi connectivity index (χ2n) is 7.60. The molecule has 1 heterocycles. The number of fused-ring (bicyclic) bond motifs is 3. The molecule has 2 saturated carbocycles. The van der Waals surface area contributed by atoms with Crippen LogP contribution in [0.3, 0.4) is 0 Å². The van der Waals surface area contributed by atoms with E-state index in [0.29, 0.717) is 18.2 Å². The fourth-order valence-corrected chi connectivity index (χ4v) is 7.07. The first-order chi connectivity index (χ1) is 12.5. The molecule has 5 heteroatoms. The summed E-state index contributed by atoms with van der Waals surface area (Å²) in [7, 11) is 0. The SMILES string of the molecule is C=C1CC(O)C2C(C[Se]c3ccccc3)C(=O)OC2C2C(=C)C(O)CC12. The van der Waals surface area contributed by atoms with E-state index in [-0.39, 0.29) is 44.6 Å². The molecule has 0 aromatic heterocycles. The Balaban J connectivity index is 1.60. The Morgan fingerprint density at radius 1 is 1.19 bits per heavy atom. The second-order valence-corrected chi connectivity index (χ2v) is 9.89. The number of rotatable bonds is 3. The summed E-state index contributed by atoms with van der Waals surface area (Å²) >= 11 is 0.147. The monoisotopic (exact) mass is 420 g/mol. The van der Waals surface area contributed by atoms with Crippen molar-refractivity contribution in [2.75, 3.05) is 0 Å². The van der Waals surface area contributed by atoms with Gasteiger partial charge in [-0.15, -0.1) is 0 Å². The Kier molecular flexibility index (Phi) is 4.82. The zero-order valence-corrected chi connectivity index (χ0v) is 16.3. The molecule has 138 valence electrons. The van der Waals surface area contributed by atoms with Crippen molar-refractivity contribution >= 4 is 25.4 Å². The van der Waals surface area contributed by atoms with Crippen LogP contribution in [-0.4, -0.2) is 49.5 Å². The van der Waals surface area contributed by atoms with Gasteiger partial charge < -0.3 is 0 Å². The summed E-state index contributed by atoms with van der Waals surface area (Å²) in [5, 5.41) is 21.8. The number of aliphatic hydroxyl groups excluding tert-OH is 2. The summed E-state index contributed by atoms with van der Waals surface area (Å²) in [6.45, 7) is 8.22. The Hall–Kier alpha value is -1.39. The van der Waals surface area contributed by atoms with Crippen molar-refractivity contribution in [3.05, 3.63) is 54.6 Å². The predicted molar refractivity (Wildman–Crippen MR) is 100 cm³/mol. The van der Waals surface area contributed by atoms with Crippen LogP contribution in [-0.2, 0) is 9.53 Å². The maximum absolute atomic E-state index is 12.6. The summed E-state index contributed by atoms with van der Waals surface area (Å²) in [6, 6.07) is 10.2. The van der Waals surface area contributed by atoms with Crippen LogP contribution in [0.1, 0.15) is 12.8 Å². The van der Waals surface area contributed by atoms with Crippen LogP contribution in [0.25, 0.3) is 0 Å². The van der Waals surface area contributed by atoms with Gasteiger partial charge in [-0.05, 0) is 0 Å². The molecule has 3 aliphatic rings. The fraction of sp³-hybridized carbons (Fsp3) is 0.476. The topological polar surface area (TPSA) is 66.8 Å². The van der Waals surface area contributed by atoms with E-state index in [0.717, 1.165) is 11.1 Å². The molecule has 0 amide bonds. The van der Waals surface area contributed by atoms with Gasteiger partial charge in [0.05, 0.1) is 0 Å². The number of esters is 1. The molecule has 1 aromatic rings. The van der Waals surface area contributed by atoms with Gasteiger partial charge >= 0.3 is 160 Å². The molecule has 1 aromatic carbocycles. The Labute approximate surface area is 160 Å². The minimum absolute atomic E-state index is 0.0355. The van der Waals surface area contributed by atoms with Crippen LogP contribution in [0.2, 0.25) is 5.32 Å². The van der Waals surface area contributed by atoms with Gasteiger partial charge in [0.15, 0.2) is 0 Å². The zero-order valence-electron chi connectivity index (χ0n) is 14.6. The van der Waals surface area contributed by atoms with E-state index in [1.807, 2.05) is 18.2 Å². The summed E-state index contributed by atoms with van der Waals surface area (Å²) in [4.78, 5) is 12.6. The first-order valence-electron chi connectivity index (χ1n) is 9.08. The molecule has 7 unspecified atom stereocenters. The predicted octanol–water partition coefficient (Wildman–Crippen LogP) is 1.47. The quantitative estimate of drug-likeness (QED) is 0.443. The number of hydrogen-bond donors (Lipinski definition) is 2. The molecule has 2 aliphatic carbocycles. The molecule has 0 bridgehead atoms. The molecule has 7 atom stereocenters. The molecule has 4 nitrogen and oxygen atoms in total. The summed E-state index contributed by atoms with van der Waals surface area (Å²) in [6.07, 6.45) is -0.583. The fourth-order valence-electron chi connectivity index (χ4n) is 4.80. The molecule has 26 heavy (non-hydrogen) atoms. The minimum atomic E-state index is -0.633. The van der Waals surface area contributed by atoms with E-state index < -0.39 is 18.3 Å². The van der Waals surface area contributed by atoms with Crippen LogP contribution >= 0.6 is 0 Å². The molecule has 2 N–H and O–H groups in total. The van der Waals surface area contributed by atoms with E-state index in [2.05, 4.69) is 25.3 Å². The number of carbonyl (C=O) groups excluding carboxylic acids is 1. The number of hydrogen-bond acceptors (Lipinski definition) is 4. The van der Waals surface area contributed by atoms with Crippen molar-refractivity contribution in [3.63, 3.8) is 0 Å². The van der Waals surface area contributed by atoms with E-state index in [1.165, 1.54) is 4.46 Å². The van der Waals surface area contributed by atoms with Gasteiger partial charge in [0, 0.05) is 0 Å². The van der Waals surface area contributed by atoms with E-state index >= 15 is 0 Å². The van der Waals surface area contributed by atoms with E-state index in [9.17, 15) is 15.0 Å². The van der Waals surface area contributed by atoms with E-state index in [1.54, 1.807) is 0 Å². The molecule has 0 spiro atoms. The van der Waals surface area contributed by atoms with Crippen LogP contribution in [0.15, 0.2) is 54.6 Å². The van der Waals surface area contributed by atoms with Crippen molar-refractivity contribution in [1.29, 1.82) is 0 Å². The van der Waals surface area contributed by atoms with Gasteiger partial charge in [-0.25, -0.2) is 0 Å². The van der Waals surface area contributed by atoms with Gasteiger partial charge in [-0.2, -0.15) is 0 Å². The first kappa shape index (κ1) is 18.0. The maximum atomic E-state index is 12.6. The third-order valence-corrected chi connectivity index (χ3v) is 8.51. The molecule has 1 saturated heterocycles. The van der Waals surface area contributed by atoms with Crippen molar-refractivity contribution in [1.82, 2.24) is 0 Å². The molecule has 3 fully saturated rings. The number of carbonyl (C=O) groups is 1. The summed E-state index contributed by atoms with van der Waals surface area (Å²) in [5.74, 6) is -0.849. The van der Waals surface area contributed by atoms with Gasteiger partial charge in [0.25, 0.3) is 0 Å². The standard InChI is InChI=1S/C21H24O4Se/c1-11-8-17(23)19-15(10-26-13-6-4-3-5-7-13)21(24)25-20(19)18-12(2)16(22)9-14(11)18/h3-7,14-20,22-23H,1-2,8-10H2. The first-order valence-corrected chi connectivity index (χ1v) is 11.1. The van der Waals surface area contributed by atoms with Crippen LogP contribution < -0.4 is 4.46 Å². The van der Waals surface area contributed by atoms with Crippen LogP contribution in [0, 0.1) is 23.7 Å². The van der Waals surface area contributed by atoms with Crippen LogP contribution in [0.4, 0.5) is 0 Å². The normalized spacial score (nSPS) is 39.3. The molecule has 4 rings (SSSR count). The van der Waals surface area contributed by atoms with Crippen LogP contribution in [0.5, 0.6) is 0 Å². The Morgan fingerprint density at radius 3 is 2.65 bits per heavy atom. The average Bonchev–Trinajstić information content (AvgIpc) is 3.07. The number of aliphatic hydroxyl groups is 2. The van der Waals surface area contributed by atoms with E-state index in [4.69, 9.17) is 4.74 Å². The van der Waals surface area contributed by atoms with Gasteiger partial charge in [0.2, 0.25) is 0 Å². The van der Waals surface area contributed by atoms with Crippen molar-refractivity contribution in [2.45, 2.75) is 36.5 Å². The van der Waals surface area contributed by atoms with Gasteiger partial charge in [-0.1, -0.05) is 0 Å². The summed E-state index contributed by atoms with van der Waals surface area (Å²) < 4.78 is 7.03. The van der Waals surface area contributed by atoms with Crippen molar-refractivity contribution in [3.8, 4) is 0 Å². The Morgan fingerprint density at radius 2 is 1.92 bits per heavy atom. The second kappa shape index (κ2) is 6.97. The Bertz CT molecular complexity index is 731. The summed E-state index contributed by atoms with van der Waals surface area (Å²) in [5.41, 5.74) is 1.67. The molecule has 1 aliphatic heterocycles. The van der Waals surface area contributed by atoms with Crippen molar-refractivity contribution in [2.24, 2.45) is 23.7 Å². The van der Waals surface area contributed by atoms with Crippen molar-refractivity contribution < 1.29 is 19.7 Å². The molecular weight excluding hydrogens is 395 g/mol. The number of benzene rings is 1. The zero-order chi connectivity index (χ0) is 18.4. The third kappa shape index (κ3) is 2.97. The third-order valence-electron chi connectivity index (χ3n) is 6.13. The number of ether oxygens (including phenoxy) is 1. The molecule has 0 radical (unpaired) electrons. The molecular formula is C21H24O4Se. The average molecular weight is 419 g/mol. The van der Waals surface area contributed by atoms with Gasteiger partial charge in [-0.3, -0.25) is 0 Å². The van der Waals surface area contributed by atoms with Gasteiger partial charge in [0.1, 0.15) is 0 Å².